The van der Waals surface area contributed by atoms with Crippen LogP contribution in [0.4, 0.5) is 5.69 Å². The van der Waals surface area contributed by atoms with Gasteiger partial charge in [-0.2, -0.15) is 0 Å². The molecule has 0 aliphatic carbocycles. The van der Waals surface area contributed by atoms with Gasteiger partial charge < -0.3 is 10.2 Å². The Morgan fingerprint density at radius 2 is 1.35 bits per heavy atom. The number of anilines is 1. The van der Waals surface area contributed by atoms with Crippen molar-refractivity contribution in [1.82, 2.24) is 10.2 Å². The first kappa shape index (κ1) is 27.9. The van der Waals surface area contributed by atoms with Crippen LogP contribution in [0.5, 0.6) is 0 Å². The van der Waals surface area contributed by atoms with E-state index in [1.54, 1.807) is 30.3 Å². The lowest BCUT2D eigenvalue weighted by molar-refractivity contribution is -0.140. The van der Waals surface area contributed by atoms with E-state index in [4.69, 9.17) is 0 Å². The summed E-state index contributed by atoms with van der Waals surface area (Å²) in [5, 5.41) is 3.02. The van der Waals surface area contributed by atoms with E-state index in [1.807, 2.05) is 74.5 Å². The maximum Gasteiger partial charge on any atom is 0.244 e. The Morgan fingerprint density at radius 1 is 0.838 bits per heavy atom. The van der Waals surface area contributed by atoms with Crippen LogP contribution in [0.3, 0.4) is 0 Å². The summed E-state index contributed by atoms with van der Waals surface area (Å²) in [5.41, 5.74) is 2.14. The summed E-state index contributed by atoms with van der Waals surface area (Å²) in [4.78, 5) is 29.0. The number of rotatable bonds is 12. The minimum Gasteiger partial charge on any atom is -0.352 e. The number of nitrogens with zero attached hydrogens (tertiary/aromatic N) is 2. The monoisotopic (exact) mass is 521 g/mol. The van der Waals surface area contributed by atoms with E-state index < -0.39 is 28.5 Å². The van der Waals surface area contributed by atoms with Gasteiger partial charge in [-0.05, 0) is 36.6 Å². The zero-order chi connectivity index (χ0) is 26.8. The zero-order valence-electron chi connectivity index (χ0n) is 21.6. The molecule has 0 saturated heterocycles. The van der Waals surface area contributed by atoms with Crippen molar-refractivity contribution in [3.8, 4) is 0 Å². The predicted octanol–water partition coefficient (Wildman–Crippen LogP) is 4.01. The Morgan fingerprint density at radius 3 is 1.86 bits per heavy atom. The van der Waals surface area contributed by atoms with Gasteiger partial charge in [0.2, 0.25) is 21.8 Å². The van der Waals surface area contributed by atoms with Crippen LogP contribution in [-0.2, 0) is 32.6 Å². The van der Waals surface area contributed by atoms with E-state index in [0.29, 0.717) is 12.1 Å². The molecule has 3 aromatic rings. The number of carbonyl (C=O) groups is 2. The predicted molar refractivity (Wildman–Crippen MR) is 147 cm³/mol. The first-order valence-electron chi connectivity index (χ1n) is 12.4. The Labute approximate surface area is 220 Å². The lowest BCUT2D eigenvalue weighted by Crippen LogP contribution is -2.54. The molecule has 196 valence electrons. The second-order valence-electron chi connectivity index (χ2n) is 9.14. The van der Waals surface area contributed by atoms with E-state index in [1.165, 1.54) is 4.90 Å². The molecule has 37 heavy (non-hydrogen) atoms. The molecule has 2 atom stereocenters. The quantitative estimate of drug-likeness (QED) is 0.390. The molecule has 0 saturated carbocycles. The molecule has 2 unspecified atom stereocenters. The molecule has 0 aliphatic heterocycles. The lowest BCUT2D eigenvalue weighted by atomic mass is 10.0. The largest absolute Gasteiger partial charge is 0.352 e. The van der Waals surface area contributed by atoms with E-state index in [0.717, 1.165) is 28.1 Å². The molecule has 0 aliphatic rings. The number of nitrogens with one attached hydrogen (secondary N) is 1. The van der Waals surface area contributed by atoms with E-state index in [-0.39, 0.29) is 18.5 Å². The highest BCUT2D eigenvalue weighted by Crippen LogP contribution is 2.20. The molecule has 3 aromatic carbocycles. The average Bonchev–Trinajstić information content (AvgIpc) is 2.90. The summed E-state index contributed by atoms with van der Waals surface area (Å²) in [6.45, 7) is 3.64. The molecule has 2 amide bonds. The molecule has 3 rings (SSSR count). The highest BCUT2D eigenvalue weighted by atomic mass is 32.2. The molecule has 1 N–H and O–H groups in total. The molecule has 0 bridgehead atoms. The van der Waals surface area contributed by atoms with Gasteiger partial charge in [0.05, 0.1) is 11.9 Å². The molecule has 0 radical (unpaired) electrons. The summed E-state index contributed by atoms with van der Waals surface area (Å²) in [5.74, 6) is -0.730. The minimum absolute atomic E-state index is 0.0729. The molecule has 0 aromatic heterocycles. The van der Waals surface area contributed by atoms with Crippen LogP contribution in [0.2, 0.25) is 0 Å². The number of sulfonamides is 1. The maximum atomic E-state index is 13.9. The first-order chi connectivity index (χ1) is 17.7. The minimum atomic E-state index is -3.76. The average molecular weight is 522 g/mol. The van der Waals surface area contributed by atoms with Gasteiger partial charge in [-0.25, -0.2) is 8.42 Å². The summed E-state index contributed by atoms with van der Waals surface area (Å²) >= 11 is 0. The highest BCUT2D eigenvalue weighted by Gasteiger charge is 2.33. The van der Waals surface area contributed by atoms with Crippen molar-refractivity contribution < 1.29 is 18.0 Å². The fourth-order valence-electron chi connectivity index (χ4n) is 3.98. The first-order valence-corrected chi connectivity index (χ1v) is 14.2. The number of hydrogen-bond acceptors (Lipinski definition) is 4. The van der Waals surface area contributed by atoms with Crippen LogP contribution < -0.4 is 9.62 Å². The van der Waals surface area contributed by atoms with Crippen molar-refractivity contribution in [3.63, 3.8) is 0 Å². The van der Waals surface area contributed by atoms with Crippen LogP contribution >= 0.6 is 0 Å². The van der Waals surface area contributed by atoms with Gasteiger partial charge >= 0.3 is 0 Å². The summed E-state index contributed by atoms with van der Waals surface area (Å²) < 4.78 is 26.5. The van der Waals surface area contributed by atoms with Crippen molar-refractivity contribution in [2.45, 2.75) is 45.3 Å². The zero-order valence-corrected chi connectivity index (χ0v) is 22.4. The van der Waals surface area contributed by atoms with E-state index in [2.05, 4.69) is 5.32 Å². The van der Waals surface area contributed by atoms with Crippen molar-refractivity contribution in [2.24, 2.45) is 0 Å². The number of carbonyl (C=O) groups excluding carboxylic acids is 2. The Balaban J connectivity index is 2.02. The van der Waals surface area contributed by atoms with Crippen molar-refractivity contribution in [3.05, 3.63) is 102 Å². The van der Waals surface area contributed by atoms with Gasteiger partial charge in [-0.15, -0.1) is 0 Å². The van der Waals surface area contributed by atoms with Crippen LogP contribution in [0.15, 0.2) is 91.0 Å². The standard InChI is InChI=1S/C29H35N3O4S/c1-4-23(2)30-29(34)27(20-24-14-8-5-9-15-24)31(21-25-16-10-6-11-17-25)28(33)22-32(37(3,35)36)26-18-12-7-13-19-26/h5-19,23,27H,4,20-22H2,1-3H3,(H,30,34). The smallest absolute Gasteiger partial charge is 0.244 e. The third-order valence-electron chi connectivity index (χ3n) is 6.19. The molecule has 7 nitrogen and oxygen atoms in total. The molecule has 0 fully saturated rings. The maximum absolute atomic E-state index is 13.9. The number of amides is 2. The van der Waals surface area contributed by atoms with Crippen LogP contribution in [0.1, 0.15) is 31.4 Å². The number of para-hydroxylation sites is 1. The van der Waals surface area contributed by atoms with Gasteiger partial charge in [0.1, 0.15) is 12.6 Å². The Hall–Kier alpha value is -3.65. The second kappa shape index (κ2) is 13.1. The molecular formula is C29H35N3O4S. The van der Waals surface area contributed by atoms with Gasteiger partial charge in [-0.3, -0.25) is 13.9 Å². The SMILES string of the molecule is CCC(C)NC(=O)C(Cc1ccccc1)N(Cc1ccccc1)C(=O)CN(c1ccccc1)S(C)(=O)=O. The fraction of sp³-hybridized carbons (Fsp3) is 0.310. The van der Waals surface area contributed by atoms with E-state index >= 15 is 0 Å². The van der Waals surface area contributed by atoms with Gasteiger partial charge in [0.25, 0.3) is 0 Å². The summed E-state index contributed by atoms with van der Waals surface area (Å²) in [7, 11) is -3.76. The second-order valence-corrected chi connectivity index (χ2v) is 11.0. The van der Waals surface area contributed by atoms with Gasteiger partial charge in [0.15, 0.2) is 0 Å². The molecule has 8 heteroatoms. The van der Waals surface area contributed by atoms with Gasteiger partial charge in [0, 0.05) is 19.0 Å². The topological polar surface area (TPSA) is 86.8 Å². The van der Waals surface area contributed by atoms with Crippen LogP contribution in [-0.4, -0.2) is 50.0 Å². The lowest BCUT2D eigenvalue weighted by Gasteiger charge is -2.34. The third-order valence-corrected chi connectivity index (χ3v) is 7.33. The van der Waals surface area contributed by atoms with Crippen molar-refractivity contribution in [2.75, 3.05) is 17.1 Å². The molecule has 0 heterocycles. The third kappa shape index (κ3) is 8.18. The van der Waals surface area contributed by atoms with Gasteiger partial charge in [-0.1, -0.05) is 85.8 Å². The normalized spacial score (nSPS) is 12.8. The molecule has 0 spiro atoms. The fourth-order valence-corrected chi connectivity index (χ4v) is 4.83. The van der Waals surface area contributed by atoms with Crippen LogP contribution in [0.25, 0.3) is 0 Å². The summed E-state index contributed by atoms with van der Waals surface area (Å²) in [6, 6.07) is 26.5. The number of benzene rings is 3. The van der Waals surface area contributed by atoms with Crippen molar-refractivity contribution >= 4 is 27.5 Å². The van der Waals surface area contributed by atoms with E-state index in [9.17, 15) is 18.0 Å². The Kier molecular flexibility index (Phi) is 9.85. The Bertz CT molecular complexity index is 1250. The number of hydrogen-bond donors (Lipinski definition) is 1. The van der Waals surface area contributed by atoms with Crippen LogP contribution in [0, 0.1) is 0 Å². The summed E-state index contributed by atoms with van der Waals surface area (Å²) in [6.07, 6.45) is 2.12. The van der Waals surface area contributed by atoms with Crippen molar-refractivity contribution in [1.29, 1.82) is 0 Å². The molecular weight excluding hydrogens is 486 g/mol. The highest BCUT2D eigenvalue weighted by molar-refractivity contribution is 7.92.